The molecule has 1 aromatic heterocycles. The molecule has 1 saturated heterocycles. The monoisotopic (exact) mass is 775 g/mol. The molecule has 3 unspecified atom stereocenters. The lowest BCUT2D eigenvalue weighted by Gasteiger charge is -2.22. The number of sulfonamides is 1. The second-order valence-electron chi connectivity index (χ2n) is 13.8. The first-order valence-electron chi connectivity index (χ1n) is 18.0. The average Bonchev–Trinajstić information content (AvgIpc) is 4.02. The number of H-pyrrole nitrogens is 1. The van der Waals surface area contributed by atoms with Crippen molar-refractivity contribution in [3.63, 3.8) is 0 Å². The number of hydrogen-bond acceptors (Lipinski definition) is 8. The number of nitrogens with one attached hydrogen (secondary N) is 3. The molecule has 3 aliphatic rings. The van der Waals surface area contributed by atoms with Gasteiger partial charge in [-0.25, -0.2) is 8.42 Å². The predicted molar refractivity (Wildman–Crippen MR) is 200 cm³/mol. The molecule has 3 aromatic rings. The van der Waals surface area contributed by atoms with Crippen molar-refractivity contribution in [3.05, 3.63) is 83.3 Å². The van der Waals surface area contributed by atoms with E-state index in [0.717, 1.165) is 35.7 Å². The van der Waals surface area contributed by atoms with Crippen LogP contribution in [0.4, 0.5) is 18.9 Å². The number of ether oxygens (including phenoxy) is 1. The third-order valence-corrected chi connectivity index (χ3v) is 11.6. The van der Waals surface area contributed by atoms with Crippen LogP contribution in [0.3, 0.4) is 0 Å². The predicted octanol–water partition coefficient (Wildman–Crippen LogP) is 5.76. The molecule has 16 heteroatoms. The molecule has 294 valence electrons. The summed E-state index contributed by atoms with van der Waals surface area (Å²) in [4.78, 5) is 50.4. The number of nitrogens with zero attached hydrogens (tertiary/aromatic N) is 1. The normalized spacial score (nSPS) is 19.9. The SMILES string of the molecule is CCCCC/C=C\C1CC1C(=O)NS(=O)(=O)C1(C)CC1.NC(=O)C1CCCN1C(=O)CNc1cccc(OC(F)(F)F)c1.O=c1[nH]ccc2ccccc12. The molecule has 54 heavy (non-hydrogen) atoms. The van der Waals surface area contributed by atoms with Gasteiger partial charge < -0.3 is 25.7 Å². The first-order valence-corrected chi connectivity index (χ1v) is 19.5. The first kappa shape index (κ1) is 41.9. The minimum atomic E-state index is -4.78. The number of halogens is 3. The van der Waals surface area contributed by atoms with Gasteiger partial charge in [-0.15, -0.1) is 13.2 Å². The number of fused-ring (bicyclic) bond motifs is 1. The van der Waals surface area contributed by atoms with E-state index in [1.54, 1.807) is 13.1 Å². The maximum atomic E-state index is 12.2. The maximum Gasteiger partial charge on any atom is 0.573 e. The minimum Gasteiger partial charge on any atom is -0.406 e. The number of nitrogens with two attached hydrogens (primary N) is 1. The zero-order chi connectivity index (χ0) is 39.5. The zero-order valence-electron chi connectivity index (χ0n) is 30.4. The van der Waals surface area contributed by atoms with Crippen LogP contribution in [0, 0.1) is 11.8 Å². The molecular weight excluding hydrogens is 728 g/mol. The van der Waals surface area contributed by atoms with Gasteiger partial charge in [-0.3, -0.25) is 23.9 Å². The van der Waals surface area contributed by atoms with E-state index in [1.165, 1.54) is 36.3 Å². The van der Waals surface area contributed by atoms with Gasteiger partial charge in [0.1, 0.15) is 11.8 Å². The lowest BCUT2D eigenvalue weighted by atomic mass is 10.2. The Hall–Kier alpha value is -4.86. The van der Waals surface area contributed by atoms with Crippen molar-refractivity contribution in [2.45, 2.75) is 88.8 Å². The van der Waals surface area contributed by atoms with Gasteiger partial charge in [0.25, 0.3) is 5.56 Å². The van der Waals surface area contributed by atoms with Crippen LogP contribution in [0.5, 0.6) is 5.75 Å². The molecule has 2 saturated carbocycles. The van der Waals surface area contributed by atoms with Crippen molar-refractivity contribution in [2.24, 2.45) is 17.6 Å². The number of rotatable bonds is 13. The Labute approximate surface area is 312 Å². The summed E-state index contributed by atoms with van der Waals surface area (Å²) < 4.78 is 65.7. The van der Waals surface area contributed by atoms with Crippen molar-refractivity contribution >= 4 is 44.2 Å². The van der Waals surface area contributed by atoms with Gasteiger partial charge >= 0.3 is 6.36 Å². The van der Waals surface area contributed by atoms with Gasteiger partial charge in [0.2, 0.25) is 27.7 Å². The molecule has 0 radical (unpaired) electrons. The van der Waals surface area contributed by atoms with Crippen molar-refractivity contribution in [1.82, 2.24) is 14.6 Å². The number of carbonyl (C=O) groups is 3. The van der Waals surface area contributed by atoms with E-state index in [4.69, 9.17) is 5.73 Å². The van der Waals surface area contributed by atoms with E-state index in [9.17, 15) is 40.8 Å². The Balaban J connectivity index is 0.000000190. The fourth-order valence-corrected chi connectivity index (χ4v) is 7.17. The van der Waals surface area contributed by atoms with E-state index in [1.807, 2.05) is 30.3 Å². The number of alkyl halides is 3. The van der Waals surface area contributed by atoms with Crippen LogP contribution in [0.15, 0.2) is 77.7 Å². The molecule has 5 N–H and O–H groups in total. The lowest BCUT2D eigenvalue weighted by Crippen LogP contribution is -2.45. The molecule has 3 amide bonds. The molecule has 2 aliphatic carbocycles. The van der Waals surface area contributed by atoms with Crippen LogP contribution in [0.2, 0.25) is 0 Å². The molecule has 0 bridgehead atoms. The molecule has 0 spiro atoms. The molecule has 3 fully saturated rings. The zero-order valence-corrected chi connectivity index (χ0v) is 31.2. The van der Waals surface area contributed by atoms with Gasteiger partial charge in [-0.2, -0.15) is 0 Å². The number of likely N-dealkylation sites (tertiary alicyclic amines) is 1. The Morgan fingerprint density at radius 1 is 1.09 bits per heavy atom. The number of aromatic amines is 1. The molecule has 2 aromatic carbocycles. The van der Waals surface area contributed by atoms with Crippen LogP contribution in [-0.4, -0.2) is 66.3 Å². The van der Waals surface area contributed by atoms with Gasteiger partial charge in [-0.1, -0.05) is 56.2 Å². The van der Waals surface area contributed by atoms with Crippen LogP contribution in [0.25, 0.3) is 10.8 Å². The number of amides is 3. The Morgan fingerprint density at radius 2 is 1.83 bits per heavy atom. The maximum absolute atomic E-state index is 12.2. The summed E-state index contributed by atoms with van der Waals surface area (Å²) in [6.45, 7) is 4.15. The number of anilines is 1. The summed E-state index contributed by atoms with van der Waals surface area (Å²) >= 11 is 0. The largest absolute Gasteiger partial charge is 0.573 e. The highest BCUT2D eigenvalue weighted by molar-refractivity contribution is 7.91. The van der Waals surface area contributed by atoms with Gasteiger partial charge in [0.15, 0.2) is 0 Å². The highest BCUT2D eigenvalue weighted by atomic mass is 32.2. The molecule has 1 aliphatic heterocycles. The van der Waals surface area contributed by atoms with Crippen molar-refractivity contribution in [3.8, 4) is 5.75 Å². The van der Waals surface area contributed by atoms with E-state index >= 15 is 0 Å². The summed E-state index contributed by atoms with van der Waals surface area (Å²) in [5.41, 5.74) is 5.51. The van der Waals surface area contributed by atoms with Gasteiger partial charge in [0.05, 0.1) is 11.3 Å². The van der Waals surface area contributed by atoms with Crippen LogP contribution in [0.1, 0.15) is 71.6 Å². The summed E-state index contributed by atoms with van der Waals surface area (Å²) in [5.74, 6) is -1.51. The fraction of sp³-hybridized carbons (Fsp3) is 0.474. The minimum absolute atomic E-state index is 0.0249. The van der Waals surface area contributed by atoms with Crippen molar-refractivity contribution < 1.29 is 40.7 Å². The lowest BCUT2D eigenvalue weighted by molar-refractivity contribution is -0.274. The van der Waals surface area contributed by atoms with Crippen LogP contribution < -0.4 is 26.1 Å². The van der Waals surface area contributed by atoms with Gasteiger partial charge in [0, 0.05) is 35.8 Å². The number of pyridine rings is 1. The molecular formula is C38H48F3N5O7S. The number of unbranched alkanes of at least 4 members (excludes halogenated alkanes) is 3. The highest BCUT2D eigenvalue weighted by Crippen LogP contribution is 2.44. The number of carbonyl (C=O) groups excluding carboxylic acids is 3. The quantitative estimate of drug-likeness (QED) is 0.125. The third-order valence-electron chi connectivity index (χ3n) is 9.47. The Bertz CT molecular complexity index is 1960. The number of benzene rings is 2. The smallest absolute Gasteiger partial charge is 0.406 e. The van der Waals surface area contributed by atoms with E-state index < -0.39 is 33.1 Å². The molecule has 12 nitrogen and oxygen atoms in total. The summed E-state index contributed by atoms with van der Waals surface area (Å²) in [5, 5.41) is 4.44. The topological polar surface area (TPSA) is 181 Å². The van der Waals surface area contributed by atoms with Crippen molar-refractivity contribution in [2.75, 3.05) is 18.4 Å². The molecule has 3 atom stereocenters. The Morgan fingerprint density at radius 3 is 2.50 bits per heavy atom. The fourth-order valence-electron chi connectivity index (χ4n) is 5.87. The van der Waals surface area contributed by atoms with Crippen LogP contribution >= 0.6 is 0 Å². The summed E-state index contributed by atoms with van der Waals surface area (Å²) in [6, 6.07) is 13.9. The number of allylic oxidation sites excluding steroid dienone is 2. The third kappa shape index (κ3) is 12.4. The standard InChI is InChI=1S/C15H25NO3S.C14H16F3N3O3.C9H7NO/c1-3-4-5-6-7-8-12-11-13(12)14(17)16-20(18,19)15(2)9-10-15;15-14(16,17)23-10-4-1-3-9(7-10)19-8-12(21)20-6-2-5-11(20)13(18)22;11-9-8-4-2-1-3-7(8)5-6-10-9/h7-8,12-13H,3-6,9-11H2,1-2H3,(H,16,17);1,3-4,7,11,19H,2,5-6,8H2,(H2,18,22);1-6H,(H,10,11)/b8-7-;;. The number of aromatic nitrogens is 1. The average molecular weight is 776 g/mol. The second-order valence-corrected chi connectivity index (χ2v) is 16.0. The van der Waals surface area contributed by atoms with E-state index in [2.05, 4.69) is 38.8 Å². The number of hydrogen-bond donors (Lipinski definition) is 4. The van der Waals surface area contributed by atoms with Crippen LogP contribution in [-0.2, 0) is 24.4 Å². The highest BCUT2D eigenvalue weighted by Gasteiger charge is 2.52. The molecule has 2 heterocycles. The Kier molecular flexibility index (Phi) is 14.3. The summed E-state index contributed by atoms with van der Waals surface area (Å²) in [7, 11) is -3.47. The van der Waals surface area contributed by atoms with Gasteiger partial charge in [-0.05, 0) is 87.4 Å². The second kappa shape index (κ2) is 18.5. The number of primary amides is 1. The van der Waals surface area contributed by atoms with E-state index in [0.29, 0.717) is 37.9 Å². The van der Waals surface area contributed by atoms with E-state index in [-0.39, 0.29) is 41.5 Å². The molecule has 6 rings (SSSR count). The first-order chi connectivity index (χ1) is 25.5. The summed E-state index contributed by atoms with van der Waals surface area (Å²) in [6.07, 6.45) is 9.06. The van der Waals surface area contributed by atoms with Crippen molar-refractivity contribution in [1.29, 1.82) is 0 Å².